The number of benzene rings is 2. The van der Waals surface area contributed by atoms with E-state index in [4.69, 9.17) is 4.74 Å². The highest BCUT2D eigenvalue weighted by Gasteiger charge is 2.08. The molecule has 0 fully saturated rings. The third-order valence-corrected chi connectivity index (χ3v) is 3.04. The van der Waals surface area contributed by atoms with Gasteiger partial charge in [-0.15, -0.1) is 0 Å². The quantitative estimate of drug-likeness (QED) is 0.653. The van der Waals surface area contributed by atoms with Crippen molar-refractivity contribution in [1.82, 2.24) is 0 Å². The van der Waals surface area contributed by atoms with Crippen LogP contribution in [-0.2, 0) is 4.79 Å². The highest BCUT2D eigenvalue weighted by Crippen LogP contribution is 2.18. The molecular formula is C16H15FN2O4. The number of anilines is 1. The molecule has 0 atom stereocenters. The minimum absolute atomic E-state index is 0.0321. The third kappa shape index (κ3) is 4.77. The third-order valence-electron chi connectivity index (χ3n) is 3.04. The van der Waals surface area contributed by atoms with E-state index in [0.29, 0.717) is 5.75 Å². The van der Waals surface area contributed by atoms with Crippen LogP contribution in [0.2, 0.25) is 0 Å². The highest BCUT2D eigenvalue weighted by atomic mass is 19.1. The Kier molecular flexibility index (Phi) is 5.24. The van der Waals surface area contributed by atoms with Crippen molar-refractivity contribution in [3.63, 3.8) is 0 Å². The summed E-state index contributed by atoms with van der Waals surface area (Å²) in [5.41, 5.74) is 0.930. The number of non-ortho nitro benzene ring substituents is 1. The molecule has 0 saturated carbocycles. The summed E-state index contributed by atoms with van der Waals surface area (Å²) in [7, 11) is 0. The molecule has 0 radical (unpaired) electrons. The Bertz CT molecular complexity index is 717. The minimum Gasteiger partial charge on any atom is -0.493 e. The van der Waals surface area contributed by atoms with Crippen LogP contribution in [0.3, 0.4) is 0 Å². The number of ether oxygens (including phenoxy) is 1. The fraction of sp³-hybridized carbons (Fsp3) is 0.188. The van der Waals surface area contributed by atoms with Crippen molar-refractivity contribution in [3.8, 4) is 5.75 Å². The molecule has 0 bridgehead atoms. The molecule has 0 saturated heterocycles. The number of rotatable bonds is 6. The van der Waals surface area contributed by atoms with Crippen molar-refractivity contribution in [2.75, 3.05) is 11.9 Å². The van der Waals surface area contributed by atoms with Crippen LogP contribution in [-0.4, -0.2) is 17.4 Å². The lowest BCUT2D eigenvalue weighted by Crippen LogP contribution is -2.16. The first kappa shape index (κ1) is 16.4. The number of amides is 1. The molecule has 2 aromatic carbocycles. The summed E-state index contributed by atoms with van der Waals surface area (Å²) < 4.78 is 18.8. The van der Waals surface area contributed by atoms with Gasteiger partial charge < -0.3 is 10.1 Å². The lowest BCUT2D eigenvalue weighted by atomic mass is 10.2. The van der Waals surface area contributed by atoms with Gasteiger partial charge in [0.1, 0.15) is 11.6 Å². The van der Waals surface area contributed by atoms with Crippen molar-refractivity contribution in [1.29, 1.82) is 0 Å². The van der Waals surface area contributed by atoms with E-state index in [1.165, 1.54) is 30.3 Å². The van der Waals surface area contributed by atoms with Gasteiger partial charge in [-0.1, -0.05) is 6.07 Å². The number of nitrogens with one attached hydrogen (secondary N) is 1. The van der Waals surface area contributed by atoms with Crippen LogP contribution in [0, 0.1) is 22.9 Å². The fourth-order valence-corrected chi connectivity index (χ4v) is 1.87. The van der Waals surface area contributed by atoms with E-state index in [-0.39, 0.29) is 30.3 Å². The maximum Gasteiger partial charge on any atom is 0.269 e. The van der Waals surface area contributed by atoms with Gasteiger partial charge in [0.15, 0.2) is 0 Å². The van der Waals surface area contributed by atoms with Crippen LogP contribution in [0.5, 0.6) is 5.75 Å². The van der Waals surface area contributed by atoms with Gasteiger partial charge in [0.25, 0.3) is 5.69 Å². The largest absolute Gasteiger partial charge is 0.493 e. The van der Waals surface area contributed by atoms with Crippen LogP contribution >= 0.6 is 0 Å². The van der Waals surface area contributed by atoms with Crippen molar-refractivity contribution in [2.45, 2.75) is 13.3 Å². The van der Waals surface area contributed by atoms with E-state index in [9.17, 15) is 19.3 Å². The molecule has 0 spiro atoms. The lowest BCUT2D eigenvalue weighted by Gasteiger charge is -2.08. The van der Waals surface area contributed by atoms with Crippen LogP contribution in [0.15, 0.2) is 42.5 Å². The van der Waals surface area contributed by atoms with Crippen molar-refractivity contribution < 1.29 is 18.8 Å². The topological polar surface area (TPSA) is 81.5 Å². The predicted octanol–water partition coefficient (Wildman–Crippen LogP) is 3.45. The van der Waals surface area contributed by atoms with Gasteiger partial charge in [0.2, 0.25) is 5.91 Å². The Morgan fingerprint density at radius 2 is 1.96 bits per heavy atom. The van der Waals surface area contributed by atoms with Crippen molar-refractivity contribution in [2.24, 2.45) is 0 Å². The standard InChI is InChI=1S/C16H15FN2O4/c1-11-2-7-14(17)15(10-11)18-16(20)8-9-23-13-5-3-12(4-6-13)19(21)22/h2-7,10H,8-9H2,1H3,(H,18,20). The van der Waals surface area contributed by atoms with Crippen LogP contribution in [0.1, 0.15) is 12.0 Å². The molecule has 0 heterocycles. The van der Waals surface area contributed by atoms with Crippen LogP contribution in [0.4, 0.5) is 15.8 Å². The average molecular weight is 318 g/mol. The van der Waals surface area contributed by atoms with Gasteiger partial charge in [-0.3, -0.25) is 14.9 Å². The second-order valence-corrected chi connectivity index (χ2v) is 4.88. The normalized spacial score (nSPS) is 10.2. The number of carbonyl (C=O) groups excluding carboxylic acids is 1. The van der Waals surface area contributed by atoms with E-state index in [1.54, 1.807) is 19.1 Å². The molecule has 1 N–H and O–H groups in total. The maximum atomic E-state index is 13.5. The van der Waals surface area contributed by atoms with E-state index in [2.05, 4.69) is 5.32 Å². The first-order valence-electron chi connectivity index (χ1n) is 6.89. The molecule has 23 heavy (non-hydrogen) atoms. The number of halogens is 1. The number of hydrogen-bond acceptors (Lipinski definition) is 4. The lowest BCUT2D eigenvalue weighted by molar-refractivity contribution is -0.384. The van der Waals surface area contributed by atoms with Crippen molar-refractivity contribution >= 4 is 17.3 Å². The number of nitro groups is 1. The molecule has 7 heteroatoms. The van der Waals surface area contributed by atoms with Crippen LogP contribution < -0.4 is 10.1 Å². The number of aryl methyl sites for hydroxylation is 1. The molecule has 0 aromatic heterocycles. The van der Waals surface area contributed by atoms with Gasteiger partial charge in [0.05, 0.1) is 23.6 Å². The van der Waals surface area contributed by atoms with E-state index in [1.807, 2.05) is 0 Å². The zero-order valence-corrected chi connectivity index (χ0v) is 12.4. The Morgan fingerprint density at radius 1 is 1.26 bits per heavy atom. The fourth-order valence-electron chi connectivity index (χ4n) is 1.87. The summed E-state index contributed by atoms with van der Waals surface area (Å²) in [4.78, 5) is 21.8. The summed E-state index contributed by atoms with van der Waals surface area (Å²) in [5.74, 6) is -0.457. The summed E-state index contributed by atoms with van der Waals surface area (Å²) in [6, 6.07) is 9.99. The van der Waals surface area contributed by atoms with E-state index < -0.39 is 10.7 Å². The number of nitrogens with zero attached hydrogens (tertiary/aromatic N) is 1. The zero-order chi connectivity index (χ0) is 16.8. The Hall–Kier alpha value is -2.96. The molecular weight excluding hydrogens is 303 g/mol. The molecule has 0 aliphatic carbocycles. The first-order valence-corrected chi connectivity index (χ1v) is 6.89. The first-order chi connectivity index (χ1) is 11.0. The van der Waals surface area contributed by atoms with Gasteiger partial charge in [-0.2, -0.15) is 0 Å². The van der Waals surface area contributed by atoms with Gasteiger partial charge in [-0.25, -0.2) is 4.39 Å². The van der Waals surface area contributed by atoms with Gasteiger partial charge in [-0.05, 0) is 36.8 Å². The van der Waals surface area contributed by atoms with Gasteiger partial charge in [0, 0.05) is 12.1 Å². The molecule has 0 aliphatic heterocycles. The second kappa shape index (κ2) is 7.35. The van der Waals surface area contributed by atoms with Crippen LogP contribution in [0.25, 0.3) is 0 Å². The maximum absolute atomic E-state index is 13.5. The molecule has 2 rings (SSSR count). The van der Waals surface area contributed by atoms with Gasteiger partial charge >= 0.3 is 0 Å². The van der Waals surface area contributed by atoms with E-state index in [0.717, 1.165) is 5.56 Å². The zero-order valence-electron chi connectivity index (χ0n) is 12.4. The molecule has 0 unspecified atom stereocenters. The Morgan fingerprint density at radius 3 is 2.61 bits per heavy atom. The summed E-state index contributed by atoms with van der Waals surface area (Å²) >= 11 is 0. The molecule has 0 aliphatic rings. The highest BCUT2D eigenvalue weighted by molar-refractivity contribution is 5.91. The summed E-state index contributed by atoms with van der Waals surface area (Å²) in [5, 5.41) is 13.0. The number of carbonyl (C=O) groups is 1. The molecule has 120 valence electrons. The average Bonchev–Trinajstić information content (AvgIpc) is 2.51. The SMILES string of the molecule is Cc1ccc(F)c(NC(=O)CCOc2ccc([N+](=O)[O-])cc2)c1. The Labute approximate surface area is 132 Å². The predicted molar refractivity (Wildman–Crippen MR) is 83.0 cm³/mol. The smallest absolute Gasteiger partial charge is 0.269 e. The van der Waals surface area contributed by atoms with E-state index >= 15 is 0 Å². The monoisotopic (exact) mass is 318 g/mol. The second-order valence-electron chi connectivity index (χ2n) is 4.88. The molecule has 1 amide bonds. The van der Waals surface area contributed by atoms with Crippen molar-refractivity contribution in [3.05, 3.63) is 64.0 Å². The molecule has 6 nitrogen and oxygen atoms in total. The minimum atomic E-state index is -0.506. The number of hydrogen-bond donors (Lipinski definition) is 1. The Balaban J connectivity index is 1.82. The summed E-state index contributed by atoms with van der Waals surface area (Å²) in [6.07, 6.45) is 0.0321. The molecule has 2 aromatic rings. The summed E-state index contributed by atoms with van der Waals surface area (Å²) in [6.45, 7) is 1.88. The number of nitro benzene ring substituents is 1.